The minimum Gasteiger partial charge on any atom is -0.325 e. The van der Waals surface area contributed by atoms with Gasteiger partial charge in [-0.2, -0.15) is 4.31 Å². The van der Waals surface area contributed by atoms with Crippen molar-refractivity contribution in [3.8, 4) is 0 Å². The van der Waals surface area contributed by atoms with Crippen LogP contribution in [0.25, 0.3) is 0 Å². The monoisotopic (exact) mass is 391 g/mol. The zero-order valence-corrected chi connectivity index (χ0v) is 15.8. The Morgan fingerprint density at radius 3 is 2.36 bits per heavy atom. The zero-order chi connectivity index (χ0) is 18.8. The van der Waals surface area contributed by atoms with Crippen molar-refractivity contribution >= 4 is 31.6 Å². The number of amides is 1. The Labute approximate surface area is 147 Å². The van der Waals surface area contributed by atoms with E-state index < -0.39 is 32.0 Å². The van der Waals surface area contributed by atoms with Crippen molar-refractivity contribution in [2.24, 2.45) is 0 Å². The fraction of sp³-hybridized carbons (Fsp3) is 0.500. The molecule has 25 heavy (non-hydrogen) atoms. The van der Waals surface area contributed by atoms with Crippen molar-refractivity contribution in [2.45, 2.75) is 23.8 Å². The van der Waals surface area contributed by atoms with Crippen LogP contribution in [-0.4, -0.2) is 64.5 Å². The Balaban J connectivity index is 2.13. The molecular formula is C14H21N3O6S2. The van der Waals surface area contributed by atoms with Gasteiger partial charge in [0.25, 0.3) is 10.0 Å². The average molecular weight is 391 g/mol. The molecule has 1 amide bonds. The fourth-order valence-electron chi connectivity index (χ4n) is 2.58. The molecule has 140 valence electrons. The topological polar surface area (TPSA) is 113 Å². The SMILES string of the molecule is CON(C)S(=O)(=O)c1ccc(NC(=O)C2CCCN2S(C)(=O)=O)cc1. The molecule has 0 spiro atoms. The molecule has 1 aromatic rings. The summed E-state index contributed by atoms with van der Waals surface area (Å²) in [5.74, 6) is -0.437. The van der Waals surface area contributed by atoms with Gasteiger partial charge in [-0.25, -0.2) is 16.8 Å². The quantitative estimate of drug-likeness (QED) is 0.695. The molecule has 1 saturated heterocycles. The molecule has 1 unspecified atom stereocenters. The highest BCUT2D eigenvalue weighted by Crippen LogP contribution is 2.23. The first-order valence-corrected chi connectivity index (χ1v) is 10.8. The van der Waals surface area contributed by atoms with Crippen molar-refractivity contribution in [1.82, 2.24) is 8.77 Å². The number of nitrogens with one attached hydrogen (secondary N) is 1. The predicted octanol–water partition coefficient (Wildman–Crippen LogP) is 0.231. The highest BCUT2D eigenvalue weighted by molar-refractivity contribution is 7.89. The van der Waals surface area contributed by atoms with E-state index in [4.69, 9.17) is 0 Å². The van der Waals surface area contributed by atoms with E-state index in [9.17, 15) is 21.6 Å². The number of rotatable bonds is 6. The molecule has 0 aliphatic carbocycles. The second kappa shape index (κ2) is 7.38. The fourth-order valence-corrected chi connectivity index (χ4v) is 4.68. The summed E-state index contributed by atoms with van der Waals surface area (Å²) in [6, 6.07) is 4.80. The van der Waals surface area contributed by atoms with Crippen LogP contribution < -0.4 is 5.32 Å². The normalized spacial score (nSPS) is 19.3. The summed E-state index contributed by atoms with van der Waals surface area (Å²) in [7, 11) is -4.71. The van der Waals surface area contributed by atoms with Crippen LogP contribution in [0.15, 0.2) is 29.2 Å². The maximum Gasteiger partial charge on any atom is 0.264 e. The van der Waals surface area contributed by atoms with Gasteiger partial charge in [-0.3, -0.25) is 9.63 Å². The van der Waals surface area contributed by atoms with Crippen LogP contribution in [0, 0.1) is 0 Å². The Bertz CT molecular complexity index is 836. The third kappa shape index (κ3) is 4.36. The van der Waals surface area contributed by atoms with E-state index in [1.165, 1.54) is 42.7 Å². The molecule has 0 bridgehead atoms. The third-order valence-corrected chi connectivity index (χ3v) is 6.93. The first kappa shape index (κ1) is 19.8. The Morgan fingerprint density at radius 2 is 1.84 bits per heavy atom. The van der Waals surface area contributed by atoms with Crippen LogP contribution in [0.1, 0.15) is 12.8 Å². The van der Waals surface area contributed by atoms with Crippen LogP contribution in [-0.2, 0) is 29.7 Å². The Hall–Kier alpha value is -1.53. The molecule has 0 aromatic heterocycles. The lowest BCUT2D eigenvalue weighted by molar-refractivity contribution is -0.119. The van der Waals surface area contributed by atoms with E-state index >= 15 is 0 Å². The van der Waals surface area contributed by atoms with Gasteiger partial charge >= 0.3 is 0 Å². The van der Waals surface area contributed by atoms with Gasteiger partial charge in [0, 0.05) is 19.3 Å². The highest BCUT2D eigenvalue weighted by Gasteiger charge is 2.36. The third-order valence-electron chi connectivity index (χ3n) is 3.95. The first-order valence-electron chi connectivity index (χ1n) is 7.48. The molecule has 2 rings (SSSR count). The molecule has 1 aromatic carbocycles. The van der Waals surface area contributed by atoms with E-state index in [0.717, 1.165) is 10.7 Å². The number of carbonyl (C=O) groups is 1. The van der Waals surface area contributed by atoms with E-state index in [-0.39, 0.29) is 4.90 Å². The molecule has 1 aliphatic rings. The van der Waals surface area contributed by atoms with Gasteiger partial charge in [0.15, 0.2) is 0 Å². The van der Waals surface area contributed by atoms with Crippen molar-refractivity contribution in [1.29, 1.82) is 0 Å². The molecule has 1 N–H and O–H groups in total. The van der Waals surface area contributed by atoms with Crippen molar-refractivity contribution in [2.75, 3.05) is 32.3 Å². The second-order valence-electron chi connectivity index (χ2n) is 5.64. The van der Waals surface area contributed by atoms with Gasteiger partial charge in [0.1, 0.15) is 6.04 Å². The van der Waals surface area contributed by atoms with Gasteiger partial charge in [-0.1, -0.05) is 4.47 Å². The van der Waals surface area contributed by atoms with Gasteiger partial charge in [-0.05, 0) is 37.1 Å². The van der Waals surface area contributed by atoms with E-state index in [2.05, 4.69) is 10.2 Å². The first-order chi connectivity index (χ1) is 11.6. The summed E-state index contributed by atoms with van der Waals surface area (Å²) in [6.45, 7) is 0.317. The summed E-state index contributed by atoms with van der Waals surface area (Å²) < 4.78 is 49.5. The zero-order valence-electron chi connectivity index (χ0n) is 14.2. The molecule has 0 radical (unpaired) electrons. The van der Waals surface area contributed by atoms with Crippen LogP contribution in [0.5, 0.6) is 0 Å². The Morgan fingerprint density at radius 1 is 1.24 bits per heavy atom. The number of carbonyl (C=O) groups excluding carboxylic acids is 1. The largest absolute Gasteiger partial charge is 0.325 e. The second-order valence-corrected chi connectivity index (χ2v) is 9.51. The van der Waals surface area contributed by atoms with Crippen LogP contribution in [0.4, 0.5) is 5.69 Å². The molecule has 1 fully saturated rings. The smallest absolute Gasteiger partial charge is 0.264 e. The lowest BCUT2D eigenvalue weighted by atomic mass is 10.2. The number of hydrogen-bond acceptors (Lipinski definition) is 6. The van der Waals surface area contributed by atoms with Crippen molar-refractivity contribution < 1.29 is 26.5 Å². The number of hydroxylamine groups is 1. The minimum atomic E-state index is -3.77. The molecule has 0 saturated carbocycles. The van der Waals surface area contributed by atoms with Crippen molar-refractivity contribution in [3.05, 3.63) is 24.3 Å². The highest BCUT2D eigenvalue weighted by atomic mass is 32.2. The summed E-state index contributed by atoms with van der Waals surface area (Å²) in [5.41, 5.74) is 0.379. The molecular weight excluding hydrogens is 370 g/mol. The maximum absolute atomic E-state index is 12.3. The van der Waals surface area contributed by atoms with E-state index in [1.807, 2.05) is 0 Å². The lowest BCUT2D eigenvalue weighted by Gasteiger charge is -2.21. The van der Waals surface area contributed by atoms with Gasteiger partial charge in [0.05, 0.1) is 18.3 Å². The van der Waals surface area contributed by atoms with Crippen LogP contribution in [0.2, 0.25) is 0 Å². The Kier molecular flexibility index (Phi) is 5.84. The van der Waals surface area contributed by atoms with Gasteiger partial charge < -0.3 is 5.32 Å². The molecule has 1 aliphatic heterocycles. The molecule has 9 nitrogen and oxygen atoms in total. The van der Waals surface area contributed by atoms with E-state index in [1.54, 1.807) is 0 Å². The van der Waals surface area contributed by atoms with Crippen LogP contribution in [0.3, 0.4) is 0 Å². The number of sulfonamides is 2. The van der Waals surface area contributed by atoms with E-state index in [0.29, 0.717) is 25.1 Å². The number of benzene rings is 1. The molecule has 1 heterocycles. The number of hydrogen-bond donors (Lipinski definition) is 1. The summed E-state index contributed by atoms with van der Waals surface area (Å²) in [5, 5.41) is 2.62. The standard InChI is InChI=1S/C14H21N3O6S2/c1-16(23-2)25(21,22)12-8-6-11(7-9-12)15-14(18)13-5-4-10-17(13)24(3,19)20/h6-9,13H,4-5,10H2,1-3H3,(H,15,18). The van der Waals surface area contributed by atoms with Crippen LogP contribution >= 0.6 is 0 Å². The molecule has 1 atom stereocenters. The summed E-state index contributed by atoms with van der Waals surface area (Å²) in [4.78, 5) is 17.0. The molecule has 11 heteroatoms. The average Bonchev–Trinajstić information content (AvgIpc) is 3.04. The van der Waals surface area contributed by atoms with Gasteiger partial charge in [0.2, 0.25) is 15.9 Å². The van der Waals surface area contributed by atoms with Crippen molar-refractivity contribution in [3.63, 3.8) is 0 Å². The summed E-state index contributed by atoms with van der Waals surface area (Å²) >= 11 is 0. The number of nitrogens with zero attached hydrogens (tertiary/aromatic N) is 2. The summed E-state index contributed by atoms with van der Waals surface area (Å²) in [6.07, 6.45) is 2.14. The predicted molar refractivity (Wildman–Crippen MR) is 91.6 cm³/mol. The maximum atomic E-state index is 12.3. The number of anilines is 1. The minimum absolute atomic E-state index is 0.00785. The van der Waals surface area contributed by atoms with Gasteiger partial charge in [-0.15, -0.1) is 0 Å². The lowest BCUT2D eigenvalue weighted by Crippen LogP contribution is -2.42.